The molecule has 1 aromatic heterocycles. The van der Waals surface area contributed by atoms with E-state index in [0.29, 0.717) is 12.2 Å². The summed E-state index contributed by atoms with van der Waals surface area (Å²) in [6.07, 6.45) is 1.65. The van der Waals surface area contributed by atoms with Gasteiger partial charge >= 0.3 is 0 Å². The lowest BCUT2D eigenvalue weighted by Gasteiger charge is -2.17. The number of carbonyl (C=O) groups excluding carboxylic acids is 1. The Morgan fingerprint density at radius 3 is 2.44 bits per heavy atom. The van der Waals surface area contributed by atoms with Gasteiger partial charge in [-0.15, -0.1) is 0 Å². The van der Waals surface area contributed by atoms with Crippen LogP contribution < -0.4 is 5.32 Å². The molecule has 4 heteroatoms. The van der Waals surface area contributed by atoms with E-state index in [2.05, 4.69) is 17.2 Å². The molecule has 3 rings (SSSR count). The average molecular weight is 331 g/mol. The van der Waals surface area contributed by atoms with Gasteiger partial charge in [-0.25, -0.2) is 0 Å². The summed E-state index contributed by atoms with van der Waals surface area (Å²) >= 11 is 0. The summed E-state index contributed by atoms with van der Waals surface area (Å²) in [5.41, 5.74) is 4.55. The van der Waals surface area contributed by atoms with Crippen LogP contribution in [-0.2, 0) is 6.54 Å². The molecule has 0 radical (unpaired) electrons. The lowest BCUT2D eigenvalue weighted by Crippen LogP contribution is -2.27. The Labute approximate surface area is 148 Å². The van der Waals surface area contributed by atoms with E-state index < -0.39 is 0 Å². The number of carbonyl (C=O) groups is 1. The van der Waals surface area contributed by atoms with Gasteiger partial charge in [0, 0.05) is 31.2 Å². The Morgan fingerprint density at radius 2 is 1.72 bits per heavy atom. The van der Waals surface area contributed by atoms with E-state index in [1.807, 2.05) is 60.7 Å². The number of anilines is 2. The van der Waals surface area contributed by atoms with Crippen LogP contribution >= 0.6 is 0 Å². The first kappa shape index (κ1) is 16.7. The summed E-state index contributed by atoms with van der Waals surface area (Å²) < 4.78 is 0. The molecule has 0 spiro atoms. The topological polar surface area (TPSA) is 45.2 Å². The fourth-order valence-electron chi connectivity index (χ4n) is 2.55. The molecule has 126 valence electrons. The summed E-state index contributed by atoms with van der Waals surface area (Å²) in [4.78, 5) is 18.5. The van der Waals surface area contributed by atoms with Crippen molar-refractivity contribution >= 4 is 17.3 Å². The Morgan fingerprint density at radius 1 is 1.00 bits per heavy atom. The lowest BCUT2D eigenvalue weighted by molar-refractivity contribution is 0.0779. The maximum atomic E-state index is 12.6. The number of nitrogens with zero attached hydrogens (tertiary/aromatic N) is 2. The molecule has 25 heavy (non-hydrogen) atoms. The molecule has 0 atom stereocenters. The maximum Gasteiger partial charge on any atom is 0.272 e. The van der Waals surface area contributed by atoms with E-state index in [9.17, 15) is 4.79 Å². The summed E-state index contributed by atoms with van der Waals surface area (Å²) in [7, 11) is 1.79. The largest absolute Gasteiger partial charge is 0.355 e. The van der Waals surface area contributed by atoms with Gasteiger partial charge in [0.2, 0.25) is 0 Å². The molecule has 2 aromatic carbocycles. The van der Waals surface area contributed by atoms with Crippen molar-refractivity contribution in [3.63, 3.8) is 0 Å². The van der Waals surface area contributed by atoms with Crippen molar-refractivity contribution < 1.29 is 4.79 Å². The van der Waals surface area contributed by atoms with Crippen molar-refractivity contribution in [3.05, 3.63) is 89.7 Å². The first-order valence-corrected chi connectivity index (χ1v) is 8.21. The zero-order valence-corrected chi connectivity index (χ0v) is 14.4. The minimum Gasteiger partial charge on any atom is -0.355 e. The SMILES string of the molecule is Cc1ccc(Nc2ccnc(C(=O)N(C)Cc3ccccc3)c2)cc1. The predicted molar refractivity (Wildman–Crippen MR) is 101 cm³/mol. The fourth-order valence-corrected chi connectivity index (χ4v) is 2.55. The Balaban J connectivity index is 1.71. The molecule has 3 aromatic rings. The van der Waals surface area contributed by atoms with Crippen LogP contribution in [0.4, 0.5) is 11.4 Å². The van der Waals surface area contributed by atoms with Gasteiger partial charge in [0.05, 0.1) is 0 Å². The van der Waals surface area contributed by atoms with Crippen molar-refractivity contribution in [3.8, 4) is 0 Å². The number of pyridine rings is 1. The second-order valence-corrected chi connectivity index (χ2v) is 6.07. The molecule has 0 saturated heterocycles. The van der Waals surface area contributed by atoms with Crippen molar-refractivity contribution in [2.75, 3.05) is 12.4 Å². The van der Waals surface area contributed by atoms with Crippen LogP contribution in [0.5, 0.6) is 0 Å². The third kappa shape index (κ3) is 4.44. The van der Waals surface area contributed by atoms with Crippen molar-refractivity contribution in [2.24, 2.45) is 0 Å². The minimum atomic E-state index is -0.101. The second-order valence-electron chi connectivity index (χ2n) is 6.07. The van der Waals surface area contributed by atoms with Crippen LogP contribution in [0.2, 0.25) is 0 Å². The summed E-state index contributed by atoms with van der Waals surface area (Å²) in [6.45, 7) is 2.60. The van der Waals surface area contributed by atoms with Gasteiger partial charge in [-0.2, -0.15) is 0 Å². The molecule has 1 heterocycles. The van der Waals surface area contributed by atoms with Crippen LogP contribution in [0.1, 0.15) is 21.6 Å². The van der Waals surface area contributed by atoms with Gasteiger partial charge in [-0.1, -0.05) is 48.0 Å². The number of hydrogen-bond donors (Lipinski definition) is 1. The van der Waals surface area contributed by atoms with Crippen molar-refractivity contribution in [2.45, 2.75) is 13.5 Å². The number of aryl methyl sites for hydroxylation is 1. The zero-order valence-electron chi connectivity index (χ0n) is 14.4. The van der Waals surface area contributed by atoms with Crippen LogP contribution in [0, 0.1) is 6.92 Å². The Hall–Kier alpha value is -3.14. The smallest absolute Gasteiger partial charge is 0.272 e. The summed E-state index contributed by atoms with van der Waals surface area (Å²) in [5.74, 6) is -0.101. The van der Waals surface area contributed by atoms with E-state index in [4.69, 9.17) is 0 Å². The molecular formula is C21H21N3O. The molecule has 0 aliphatic carbocycles. The molecular weight excluding hydrogens is 310 g/mol. The van der Waals surface area contributed by atoms with Crippen LogP contribution in [0.25, 0.3) is 0 Å². The molecule has 0 bridgehead atoms. The molecule has 0 saturated carbocycles. The lowest BCUT2D eigenvalue weighted by atomic mass is 10.2. The number of benzene rings is 2. The Bertz CT molecular complexity index is 845. The van der Waals surface area contributed by atoms with Gasteiger partial charge in [-0.3, -0.25) is 9.78 Å². The quantitative estimate of drug-likeness (QED) is 0.753. The third-order valence-corrected chi connectivity index (χ3v) is 3.93. The molecule has 1 amide bonds. The standard InChI is InChI=1S/C21H21N3O/c1-16-8-10-18(11-9-16)23-19-12-13-22-20(14-19)21(25)24(2)15-17-6-4-3-5-7-17/h3-14H,15H2,1-2H3,(H,22,23). The van der Waals surface area contributed by atoms with E-state index >= 15 is 0 Å². The van der Waals surface area contributed by atoms with Gasteiger partial charge < -0.3 is 10.2 Å². The van der Waals surface area contributed by atoms with E-state index in [0.717, 1.165) is 16.9 Å². The fraction of sp³-hybridized carbons (Fsp3) is 0.143. The number of rotatable bonds is 5. The van der Waals surface area contributed by atoms with Crippen LogP contribution in [0.15, 0.2) is 72.9 Å². The molecule has 1 N–H and O–H groups in total. The number of nitrogens with one attached hydrogen (secondary N) is 1. The number of aromatic nitrogens is 1. The molecule has 0 aliphatic heterocycles. The van der Waals surface area contributed by atoms with Gasteiger partial charge in [-0.05, 0) is 36.8 Å². The molecule has 0 unspecified atom stereocenters. The van der Waals surface area contributed by atoms with Gasteiger partial charge in [0.25, 0.3) is 5.91 Å². The highest BCUT2D eigenvalue weighted by molar-refractivity contribution is 5.93. The van der Waals surface area contributed by atoms with Crippen LogP contribution in [0.3, 0.4) is 0 Å². The van der Waals surface area contributed by atoms with Crippen molar-refractivity contribution in [1.82, 2.24) is 9.88 Å². The second kappa shape index (κ2) is 7.62. The molecule has 0 aliphatic rings. The highest BCUT2D eigenvalue weighted by Gasteiger charge is 2.14. The Kier molecular flexibility index (Phi) is 5.09. The predicted octanol–water partition coefficient (Wildman–Crippen LogP) is 4.41. The van der Waals surface area contributed by atoms with Crippen LogP contribution in [-0.4, -0.2) is 22.8 Å². The van der Waals surface area contributed by atoms with Gasteiger partial charge in [0.15, 0.2) is 0 Å². The minimum absolute atomic E-state index is 0.101. The zero-order chi connectivity index (χ0) is 17.6. The first-order chi connectivity index (χ1) is 12.1. The average Bonchev–Trinajstić information content (AvgIpc) is 2.64. The maximum absolute atomic E-state index is 12.6. The van der Waals surface area contributed by atoms with Gasteiger partial charge in [0.1, 0.15) is 5.69 Å². The highest BCUT2D eigenvalue weighted by Crippen LogP contribution is 2.18. The number of amides is 1. The normalized spacial score (nSPS) is 10.3. The number of hydrogen-bond acceptors (Lipinski definition) is 3. The molecule has 4 nitrogen and oxygen atoms in total. The monoisotopic (exact) mass is 331 g/mol. The van der Waals surface area contributed by atoms with E-state index in [1.54, 1.807) is 24.2 Å². The summed E-state index contributed by atoms with van der Waals surface area (Å²) in [5, 5.41) is 3.30. The van der Waals surface area contributed by atoms with E-state index in [1.165, 1.54) is 5.56 Å². The third-order valence-electron chi connectivity index (χ3n) is 3.93. The highest BCUT2D eigenvalue weighted by atomic mass is 16.2. The van der Waals surface area contributed by atoms with Crippen molar-refractivity contribution in [1.29, 1.82) is 0 Å². The molecule has 0 fully saturated rings. The van der Waals surface area contributed by atoms with E-state index in [-0.39, 0.29) is 5.91 Å². The summed E-state index contributed by atoms with van der Waals surface area (Å²) in [6, 6.07) is 21.7. The first-order valence-electron chi connectivity index (χ1n) is 8.21.